The van der Waals surface area contributed by atoms with E-state index in [1.165, 1.54) is 19.2 Å². The number of rotatable bonds is 9. The van der Waals surface area contributed by atoms with Crippen LogP contribution in [-0.2, 0) is 19.0 Å². The van der Waals surface area contributed by atoms with Crippen molar-refractivity contribution >= 4 is 23.3 Å². The lowest BCUT2D eigenvalue weighted by molar-refractivity contribution is -0.384. The topological polar surface area (TPSA) is 117 Å². The number of nitro groups is 1. The number of ether oxygens (including phenoxy) is 3. The van der Waals surface area contributed by atoms with Crippen molar-refractivity contribution in [3.8, 4) is 0 Å². The lowest BCUT2D eigenvalue weighted by atomic mass is 10.1. The van der Waals surface area contributed by atoms with E-state index >= 15 is 0 Å². The van der Waals surface area contributed by atoms with Gasteiger partial charge in [0.2, 0.25) is 0 Å². The van der Waals surface area contributed by atoms with Gasteiger partial charge in [-0.15, -0.1) is 0 Å². The van der Waals surface area contributed by atoms with Gasteiger partial charge in [-0.25, -0.2) is 9.59 Å². The fourth-order valence-corrected chi connectivity index (χ4v) is 1.76. The first-order valence-corrected chi connectivity index (χ1v) is 7.23. The highest BCUT2D eigenvalue weighted by Crippen LogP contribution is 2.23. The lowest BCUT2D eigenvalue weighted by Gasteiger charge is -2.12. The summed E-state index contributed by atoms with van der Waals surface area (Å²) in [6.45, 7) is 3.53. The number of benzene rings is 1. The Bertz CT molecular complexity index is 601. The van der Waals surface area contributed by atoms with Gasteiger partial charge in [-0.2, -0.15) is 0 Å². The highest BCUT2D eigenvalue weighted by Gasteiger charge is 2.19. The van der Waals surface area contributed by atoms with E-state index in [0.29, 0.717) is 18.8 Å². The molecule has 0 atom stereocenters. The summed E-state index contributed by atoms with van der Waals surface area (Å²) in [7, 11) is 1.52. The first kappa shape index (κ1) is 19.4. The third-order valence-electron chi connectivity index (χ3n) is 2.74. The maximum atomic E-state index is 12.1. The number of non-ortho nitro benzene ring substituents is 1. The summed E-state index contributed by atoms with van der Waals surface area (Å²) in [6, 6.07) is 3.75. The van der Waals surface area contributed by atoms with Gasteiger partial charge in [0.05, 0.1) is 23.2 Å². The molecule has 0 spiro atoms. The molecule has 1 N–H and O–H groups in total. The number of esters is 2. The average Bonchev–Trinajstić information content (AvgIpc) is 2.52. The van der Waals surface area contributed by atoms with E-state index < -0.39 is 23.5 Å². The molecule has 0 saturated carbocycles. The second kappa shape index (κ2) is 9.46. The Morgan fingerprint density at radius 1 is 1.33 bits per heavy atom. The van der Waals surface area contributed by atoms with Gasteiger partial charge in [-0.1, -0.05) is 0 Å². The number of carbonyl (C=O) groups is 2. The number of nitro benzene ring substituents is 1. The van der Waals surface area contributed by atoms with Crippen molar-refractivity contribution in [2.24, 2.45) is 0 Å². The van der Waals surface area contributed by atoms with E-state index in [4.69, 9.17) is 14.2 Å². The third kappa shape index (κ3) is 6.21. The summed E-state index contributed by atoms with van der Waals surface area (Å²) < 4.78 is 14.6. The fraction of sp³-hybridized carbons (Fsp3) is 0.467. The van der Waals surface area contributed by atoms with Crippen LogP contribution in [0, 0.1) is 10.1 Å². The maximum absolute atomic E-state index is 12.1. The molecule has 0 aliphatic heterocycles. The molecule has 0 unspecified atom stereocenters. The lowest BCUT2D eigenvalue weighted by Crippen LogP contribution is -2.20. The van der Waals surface area contributed by atoms with Crippen LogP contribution < -0.4 is 5.32 Å². The first-order valence-electron chi connectivity index (χ1n) is 7.23. The molecule has 1 aromatic rings. The minimum Gasteiger partial charge on any atom is -0.460 e. The zero-order valence-electron chi connectivity index (χ0n) is 13.7. The molecule has 0 fully saturated rings. The van der Waals surface area contributed by atoms with Crippen LogP contribution in [-0.4, -0.2) is 49.8 Å². The SMILES string of the molecule is COCCNc1ccc([N+](=O)[O-])cc1C(=O)OCC(=O)OC(C)C. The predicted molar refractivity (Wildman–Crippen MR) is 85.0 cm³/mol. The molecule has 0 saturated heterocycles. The van der Waals surface area contributed by atoms with Crippen molar-refractivity contribution in [3.63, 3.8) is 0 Å². The molecule has 0 aliphatic carbocycles. The van der Waals surface area contributed by atoms with Crippen molar-refractivity contribution in [2.45, 2.75) is 20.0 Å². The maximum Gasteiger partial charge on any atom is 0.344 e. The summed E-state index contributed by atoms with van der Waals surface area (Å²) >= 11 is 0. The number of nitrogens with zero attached hydrogens (tertiary/aromatic N) is 1. The zero-order chi connectivity index (χ0) is 18.1. The van der Waals surface area contributed by atoms with Gasteiger partial charge >= 0.3 is 11.9 Å². The van der Waals surface area contributed by atoms with E-state index in [9.17, 15) is 19.7 Å². The van der Waals surface area contributed by atoms with Gasteiger partial charge in [0.1, 0.15) is 0 Å². The van der Waals surface area contributed by atoms with Crippen LogP contribution in [0.5, 0.6) is 0 Å². The summed E-state index contributed by atoms with van der Waals surface area (Å²) in [5, 5.41) is 13.8. The van der Waals surface area contributed by atoms with Crippen molar-refractivity contribution in [1.29, 1.82) is 0 Å². The summed E-state index contributed by atoms with van der Waals surface area (Å²) in [6.07, 6.45) is -0.333. The van der Waals surface area contributed by atoms with Gasteiger partial charge < -0.3 is 19.5 Å². The summed E-state index contributed by atoms with van der Waals surface area (Å²) in [5.41, 5.74) is 0.0431. The zero-order valence-corrected chi connectivity index (χ0v) is 13.7. The van der Waals surface area contributed by atoms with E-state index in [1.54, 1.807) is 13.8 Å². The molecule has 1 rings (SSSR count). The Labute approximate surface area is 139 Å². The third-order valence-corrected chi connectivity index (χ3v) is 2.74. The molecule has 9 nitrogen and oxygen atoms in total. The van der Waals surface area contributed by atoms with Crippen LogP contribution in [0.4, 0.5) is 11.4 Å². The molecule has 0 aliphatic rings. The van der Waals surface area contributed by atoms with Crippen molar-refractivity contribution in [1.82, 2.24) is 0 Å². The fourth-order valence-electron chi connectivity index (χ4n) is 1.76. The molecule has 1 aromatic carbocycles. The largest absolute Gasteiger partial charge is 0.460 e. The molecule has 0 amide bonds. The first-order chi connectivity index (χ1) is 11.3. The Kier molecular flexibility index (Phi) is 7.63. The van der Waals surface area contributed by atoms with Crippen molar-refractivity contribution in [2.75, 3.05) is 32.2 Å². The molecule has 24 heavy (non-hydrogen) atoms. The molecular weight excluding hydrogens is 320 g/mol. The molecular formula is C15H20N2O7. The molecule has 0 bridgehead atoms. The van der Waals surface area contributed by atoms with Crippen LogP contribution in [0.1, 0.15) is 24.2 Å². The van der Waals surface area contributed by atoms with Gasteiger partial charge in [0.25, 0.3) is 5.69 Å². The highest BCUT2D eigenvalue weighted by atomic mass is 16.6. The van der Waals surface area contributed by atoms with E-state index in [1.807, 2.05) is 0 Å². The van der Waals surface area contributed by atoms with Crippen LogP contribution in [0.2, 0.25) is 0 Å². The van der Waals surface area contributed by atoms with Crippen LogP contribution in [0.25, 0.3) is 0 Å². The van der Waals surface area contributed by atoms with Crippen molar-refractivity contribution in [3.05, 3.63) is 33.9 Å². The summed E-state index contributed by atoms with van der Waals surface area (Å²) in [5.74, 6) is -1.56. The molecule has 0 radical (unpaired) electrons. The second-order valence-electron chi connectivity index (χ2n) is 5.02. The Hall–Kier alpha value is -2.68. The smallest absolute Gasteiger partial charge is 0.344 e. The van der Waals surface area contributed by atoms with Crippen LogP contribution >= 0.6 is 0 Å². The number of anilines is 1. The number of hydrogen-bond donors (Lipinski definition) is 1. The van der Waals surface area contributed by atoms with Gasteiger partial charge in [-0.05, 0) is 19.9 Å². The Balaban J connectivity index is 2.87. The predicted octanol–water partition coefficient (Wildman–Crippen LogP) is 1.76. The number of hydrogen-bond acceptors (Lipinski definition) is 8. The number of nitrogens with one attached hydrogen (secondary N) is 1. The molecule has 0 aromatic heterocycles. The molecule has 9 heteroatoms. The van der Waals surface area contributed by atoms with Gasteiger partial charge in [-0.3, -0.25) is 10.1 Å². The van der Waals surface area contributed by atoms with Crippen LogP contribution in [0.15, 0.2) is 18.2 Å². The Morgan fingerprint density at radius 3 is 2.62 bits per heavy atom. The average molecular weight is 340 g/mol. The molecule has 0 heterocycles. The van der Waals surface area contributed by atoms with Crippen LogP contribution in [0.3, 0.4) is 0 Å². The monoisotopic (exact) mass is 340 g/mol. The minimum atomic E-state index is -0.862. The Morgan fingerprint density at radius 2 is 2.04 bits per heavy atom. The van der Waals surface area contributed by atoms with E-state index in [-0.39, 0.29) is 17.4 Å². The standard InChI is InChI=1S/C15H20N2O7/c1-10(2)24-14(18)9-23-15(19)12-8-11(17(20)21)4-5-13(12)16-6-7-22-3/h4-5,8,10,16H,6-7,9H2,1-3H3. The highest BCUT2D eigenvalue weighted by molar-refractivity contribution is 5.97. The van der Waals surface area contributed by atoms with Gasteiger partial charge in [0.15, 0.2) is 6.61 Å². The van der Waals surface area contributed by atoms with E-state index in [0.717, 1.165) is 6.07 Å². The number of methoxy groups -OCH3 is 1. The van der Waals surface area contributed by atoms with E-state index in [2.05, 4.69) is 5.32 Å². The summed E-state index contributed by atoms with van der Waals surface area (Å²) in [4.78, 5) is 33.8. The normalized spacial score (nSPS) is 10.3. The number of carbonyl (C=O) groups excluding carboxylic acids is 2. The van der Waals surface area contributed by atoms with Crippen molar-refractivity contribution < 1.29 is 28.7 Å². The minimum absolute atomic E-state index is 0.0438. The van der Waals surface area contributed by atoms with Gasteiger partial charge in [0, 0.05) is 31.5 Å². The second-order valence-corrected chi connectivity index (χ2v) is 5.02. The quantitative estimate of drug-likeness (QED) is 0.313. The molecule has 132 valence electrons.